The average Bonchev–Trinajstić information content (AvgIpc) is 3.26. The number of aliphatic hydroxyl groups is 2. The van der Waals surface area contributed by atoms with Gasteiger partial charge in [-0.05, 0) is 18.2 Å². The van der Waals surface area contributed by atoms with Crippen molar-refractivity contribution in [2.75, 3.05) is 13.7 Å². The van der Waals surface area contributed by atoms with E-state index < -0.39 is 42.2 Å². The quantitative estimate of drug-likeness (QED) is 0.531. The zero-order valence-corrected chi connectivity index (χ0v) is 19.0. The third-order valence-electron chi connectivity index (χ3n) is 5.06. The number of halogens is 3. The number of aliphatic hydroxyl groups excluding tert-OH is 2. The molecule has 4 rings (SSSR count). The fourth-order valence-electron chi connectivity index (χ4n) is 3.51. The minimum atomic E-state index is -1.14. The predicted molar refractivity (Wildman–Crippen MR) is 117 cm³/mol. The van der Waals surface area contributed by atoms with Gasteiger partial charge < -0.3 is 19.7 Å². The first kappa shape index (κ1) is 23.4. The molecule has 1 aliphatic rings. The Labute approximate surface area is 197 Å². The molecule has 3 aromatic rings. The van der Waals surface area contributed by atoms with Crippen LogP contribution in [0.15, 0.2) is 47.8 Å². The number of nitrogens with zero attached hydrogens (tertiary/aromatic N) is 4. The second kappa shape index (κ2) is 10.0. The second-order valence-electron chi connectivity index (χ2n) is 7.08. The molecule has 5 atom stereocenters. The monoisotopic (exact) mass is 500 g/mol. The number of ether oxygens (including phenoxy) is 2. The van der Waals surface area contributed by atoms with Gasteiger partial charge in [0.2, 0.25) is 0 Å². The largest absolute Gasteiger partial charge is 0.394 e. The molecular formula is C20H19Cl2FN4O4S. The maximum absolute atomic E-state index is 13.9. The van der Waals surface area contributed by atoms with E-state index in [1.165, 1.54) is 41.9 Å². The molecule has 2 aromatic heterocycles. The van der Waals surface area contributed by atoms with Crippen LogP contribution < -0.4 is 0 Å². The van der Waals surface area contributed by atoms with Crippen LogP contribution in [0.3, 0.4) is 0 Å². The lowest BCUT2D eigenvalue weighted by Crippen LogP contribution is -2.55. The molecule has 1 fully saturated rings. The molecule has 3 heterocycles. The molecular weight excluding hydrogens is 482 g/mol. The van der Waals surface area contributed by atoms with E-state index in [1.54, 1.807) is 24.5 Å². The standard InChI is InChI=1S/C20H19Cl2FN4O4S/c1-30-19-17(27-8-15(25-26-27)10-2-3-13(22)14(23)4-10)18(29)16(9-28)31-20(19)32-12-5-11(21)6-24-7-12/h2-8,16-20,28-29H,9H2,1H3/t16?,17?,18-,19?,20+/m0/s1. The van der Waals surface area contributed by atoms with Crippen LogP contribution >= 0.6 is 35.0 Å². The summed E-state index contributed by atoms with van der Waals surface area (Å²) >= 11 is 13.1. The molecule has 1 aliphatic heterocycles. The normalized spacial score (nSPS) is 25.8. The van der Waals surface area contributed by atoms with E-state index in [0.29, 0.717) is 16.3 Å². The Kier molecular flexibility index (Phi) is 7.30. The Hall–Kier alpha value is -1.79. The first-order valence-corrected chi connectivity index (χ1v) is 11.2. The number of hydrogen-bond donors (Lipinski definition) is 2. The fraction of sp³-hybridized carbons (Fsp3) is 0.350. The summed E-state index contributed by atoms with van der Waals surface area (Å²) in [4.78, 5) is 4.80. The van der Waals surface area contributed by atoms with Crippen LogP contribution in [-0.4, -0.2) is 67.7 Å². The van der Waals surface area contributed by atoms with Crippen LogP contribution in [0.5, 0.6) is 0 Å². The SMILES string of the molecule is COC1C(n2cc(-c3ccc(Cl)c(F)c3)nn2)[C@@H](O)C(CO)O[C@@H]1Sc1cncc(Cl)c1. The van der Waals surface area contributed by atoms with Gasteiger partial charge in [-0.1, -0.05) is 46.2 Å². The van der Waals surface area contributed by atoms with E-state index in [1.807, 2.05) is 0 Å². The van der Waals surface area contributed by atoms with Gasteiger partial charge in [-0.3, -0.25) is 4.98 Å². The van der Waals surface area contributed by atoms with E-state index in [0.717, 1.165) is 4.90 Å². The summed E-state index contributed by atoms with van der Waals surface area (Å²) in [5.41, 5.74) is 0.243. The maximum atomic E-state index is 13.9. The first-order chi connectivity index (χ1) is 15.4. The minimum Gasteiger partial charge on any atom is -0.394 e. The number of thioether (sulfide) groups is 1. The van der Waals surface area contributed by atoms with E-state index in [2.05, 4.69) is 15.3 Å². The summed E-state index contributed by atoms with van der Waals surface area (Å²) in [6, 6.07) is 5.29. The zero-order chi connectivity index (χ0) is 22.8. The van der Waals surface area contributed by atoms with Gasteiger partial charge in [0.05, 0.1) is 22.8 Å². The van der Waals surface area contributed by atoms with E-state index in [4.69, 9.17) is 32.7 Å². The minimum absolute atomic E-state index is 0.00148. The lowest BCUT2D eigenvalue weighted by molar-refractivity contribution is -0.186. The van der Waals surface area contributed by atoms with Crippen LogP contribution in [0.25, 0.3) is 11.3 Å². The third kappa shape index (κ3) is 4.76. The van der Waals surface area contributed by atoms with Crippen molar-refractivity contribution in [3.05, 3.63) is 58.7 Å². The fourth-order valence-corrected chi connectivity index (χ4v) is 5.06. The number of rotatable bonds is 6. The highest BCUT2D eigenvalue weighted by Crippen LogP contribution is 2.39. The summed E-state index contributed by atoms with van der Waals surface area (Å²) in [6.45, 7) is -0.414. The number of pyridine rings is 1. The average molecular weight is 501 g/mol. The Morgan fingerprint density at radius 2 is 2.09 bits per heavy atom. The summed E-state index contributed by atoms with van der Waals surface area (Å²) in [6.07, 6.45) is 2.01. The number of methoxy groups -OCH3 is 1. The van der Waals surface area contributed by atoms with Crippen molar-refractivity contribution in [3.63, 3.8) is 0 Å². The smallest absolute Gasteiger partial charge is 0.142 e. The van der Waals surface area contributed by atoms with Crippen molar-refractivity contribution in [2.24, 2.45) is 0 Å². The molecule has 0 amide bonds. The maximum Gasteiger partial charge on any atom is 0.142 e. The molecule has 170 valence electrons. The summed E-state index contributed by atoms with van der Waals surface area (Å²) in [7, 11) is 1.49. The third-order valence-corrected chi connectivity index (χ3v) is 6.68. The Morgan fingerprint density at radius 1 is 1.28 bits per heavy atom. The van der Waals surface area contributed by atoms with Gasteiger partial charge in [0, 0.05) is 30.0 Å². The highest BCUT2D eigenvalue weighted by Gasteiger charge is 2.47. The topological polar surface area (TPSA) is 103 Å². The van der Waals surface area contributed by atoms with Gasteiger partial charge in [0.25, 0.3) is 0 Å². The molecule has 8 nitrogen and oxygen atoms in total. The van der Waals surface area contributed by atoms with Crippen molar-refractivity contribution in [2.45, 2.75) is 34.7 Å². The van der Waals surface area contributed by atoms with Crippen molar-refractivity contribution < 1.29 is 24.1 Å². The van der Waals surface area contributed by atoms with E-state index in [-0.39, 0.29) is 5.02 Å². The van der Waals surface area contributed by atoms with Gasteiger partial charge in [-0.2, -0.15) is 0 Å². The van der Waals surface area contributed by atoms with Gasteiger partial charge in [-0.15, -0.1) is 5.10 Å². The summed E-state index contributed by atoms with van der Waals surface area (Å²) in [5, 5.41) is 29.4. The molecule has 3 unspecified atom stereocenters. The van der Waals surface area contributed by atoms with Crippen molar-refractivity contribution in [3.8, 4) is 11.3 Å². The predicted octanol–water partition coefficient (Wildman–Crippen LogP) is 3.21. The van der Waals surface area contributed by atoms with Crippen molar-refractivity contribution >= 4 is 35.0 Å². The Balaban J connectivity index is 1.66. The van der Waals surface area contributed by atoms with Gasteiger partial charge in [-0.25, -0.2) is 9.07 Å². The molecule has 2 N–H and O–H groups in total. The molecule has 1 saturated heterocycles. The first-order valence-electron chi connectivity index (χ1n) is 9.53. The number of hydrogen-bond acceptors (Lipinski definition) is 8. The molecule has 12 heteroatoms. The van der Waals surface area contributed by atoms with Crippen LogP contribution in [0.4, 0.5) is 4.39 Å². The number of benzene rings is 1. The van der Waals surface area contributed by atoms with E-state index >= 15 is 0 Å². The van der Waals surface area contributed by atoms with Crippen LogP contribution in [-0.2, 0) is 9.47 Å². The van der Waals surface area contributed by atoms with Crippen LogP contribution in [0.1, 0.15) is 6.04 Å². The second-order valence-corrected chi connectivity index (χ2v) is 9.09. The van der Waals surface area contributed by atoms with E-state index in [9.17, 15) is 14.6 Å². The molecule has 32 heavy (non-hydrogen) atoms. The molecule has 0 radical (unpaired) electrons. The van der Waals surface area contributed by atoms with Crippen LogP contribution in [0.2, 0.25) is 10.0 Å². The molecule has 0 aliphatic carbocycles. The van der Waals surface area contributed by atoms with Gasteiger partial charge in [0.1, 0.15) is 41.3 Å². The number of aromatic nitrogens is 4. The molecule has 1 aromatic carbocycles. The van der Waals surface area contributed by atoms with Crippen molar-refractivity contribution in [1.82, 2.24) is 20.0 Å². The highest BCUT2D eigenvalue weighted by molar-refractivity contribution is 7.99. The Morgan fingerprint density at radius 3 is 2.78 bits per heavy atom. The molecule has 0 bridgehead atoms. The molecule has 0 spiro atoms. The summed E-state index contributed by atoms with van der Waals surface area (Å²) < 4.78 is 26.9. The van der Waals surface area contributed by atoms with Crippen molar-refractivity contribution in [1.29, 1.82) is 0 Å². The van der Waals surface area contributed by atoms with Gasteiger partial charge in [0.15, 0.2) is 0 Å². The highest BCUT2D eigenvalue weighted by atomic mass is 35.5. The Bertz CT molecular complexity index is 1090. The zero-order valence-electron chi connectivity index (χ0n) is 16.7. The molecule has 0 saturated carbocycles. The van der Waals surface area contributed by atoms with Gasteiger partial charge >= 0.3 is 0 Å². The van der Waals surface area contributed by atoms with Crippen LogP contribution in [0, 0.1) is 5.82 Å². The lowest BCUT2D eigenvalue weighted by Gasteiger charge is -2.43. The summed E-state index contributed by atoms with van der Waals surface area (Å²) in [5.74, 6) is -0.577. The lowest BCUT2D eigenvalue weighted by atomic mass is 9.97.